The van der Waals surface area contributed by atoms with Crippen molar-refractivity contribution in [2.45, 2.75) is 26.8 Å². The third-order valence-electron chi connectivity index (χ3n) is 2.96. The van der Waals surface area contributed by atoms with Gasteiger partial charge in [0.05, 0.1) is 11.6 Å². The molecule has 0 saturated heterocycles. The highest BCUT2D eigenvalue weighted by atomic mass is 32.1. The SMILES string of the molecule is CCNc1cc(C)ccc1C(=O)NC(C)c1nccs1. The normalized spacial score (nSPS) is 11.9. The fraction of sp³-hybridized carbons (Fsp3) is 0.333. The smallest absolute Gasteiger partial charge is 0.253 e. The molecule has 20 heavy (non-hydrogen) atoms. The number of carbonyl (C=O) groups excluding carboxylic acids is 1. The van der Waals surface area contributed by atoms with Crippen molar-refractivity contribution in [3.63, 3.8) is 0 Å². The summed E-state index contributed by atoms with van der Waals surface area (Å²) in [7, 11) is 0. The van der Waals surface area contributed by atoms with Gasteiger partial charge in [0, 0.05) is 23.8 Å². The van der Waals surface area contributed by atoms with Gasteiger partial charge in [-0.05, 0) is 38.5 Å². The minimum Gasteiger partial charge on any atom is -0.385 e. The van der Waals surface area contributed by atoms with E-state index in [1.54, 1.807) is 17.5 Å². The quantitative estimate of drug-likeness (QED) is 0.887. The fourth-order valence-corrected chi connectivity index (χ4v) is 2.62. The van der Waals surface area contributed by atoms with Crippen LogP contribution in [-0.2, 0) is 0 Å². The molecular formula is C15H19N3OS. The highest BCUT2D eigenvalue weighted by molar-refractivity contribution is 7.09. The van der Waals surface area contributed by atoms with E-state index in [4.69, 9.17) is 0 Å². The summed E-state index contributed by atoms with van der Waals surface area (Å²) in [5, 5.41) is 9.04. The van der Waals surface area contributed by atoms with Gasteiger partial charge in [-0.25, -0.2) is 4.98 Å². The predicted molar refractivity (Wildman–Crippen MR) is 83.3 cm³/mol. The van der Waals surface area contributed by atoms with Gasteiger partial charge in [0.2, 0.25) is 0 Å². The van der Waals surface area contributed by atoms with E-state index in [2.05, 4.69) is 15.6 Å². The Labute approximate surface area is 123 Å². The van der Waals surface area contributed by atoms with Crippen molar-refractivity contribution in [3.8, 4) is 0 Å². The standard InChI is InChI=1S/C15H19N3OS/c1-4-16-13-9-10(2)5-6-12(13)14(19)18-11(3)15-17-7-8-20-15/h5-9,11,16H,4H2,1-3H3,(H,18,19). The second kappa shape index (κ2) is 6.52. The van der Waals surface area contributed by atoms with E-state index in [9.17, 15) is 4.79 Å². The van der Waals surface area contributed by atoms with E-state index < -0.39 is 0 Å². The molecule has 1 amide bonds. The summed E-state index contributed by atoms with van der Waals surface area (Å²) >= 11 is 1.54. The Hall–Kier alpha value is -1.88. The maximum Gasteiger partial charge on any atom is 0.253 e. The van der Waals surface area contributed by atoms with Gasteiger partial charge in [-0.2, -0.15) is 0 Å². The average molecular weight is 289 g/mol. The van der Waals surface area contributed by atoms with Gasteiger partial charge >= 0.3 is 0 Å². The maximum absolute atomic E-state index is 12.4. The van der Waals surface area contributed by atoms with Crippen LogP contribution in [0.3, 0.4) is 0 Å². The zero-order valence-corrected chi connectivity index (χ0v) is 12.8. The Balaban J connectivity index is 2.16. The minimum absolute atomic E-state index is 0.0800. The summed E-state index contributed by atoms with van der Waals surface area (Å²) < 4.78 is 0. The lowest BCUT2D eigenvalue weighted by Crippen LogP contribution is -2.27. The van der Waals surface area contributed by atoms with Crippen molar-refractivity contribution in [3.05, 3.63) is 45.9 Å². The van der Waals surface area contributed by atoms with Gasteiger partial charge in [0.25, 0.3) is 5.91 Å². The number of aryl methyl sites for hydroxylation is 1. The lowest BCUT2D eigenvalue weighted by molar-refractivity contribution is 0.0940. The number of benzene rings is 1. The first-order valence-electron chi connectivity index (χ1n) is 6.66. The Morgan fingerprint density at radius 2 is 2.25 bits per heavy atom. The summed E-state index contributed by atoms with van der Waals surface area (Å²) in [6.07, 6.45) is 1.75. The zero-order chi connectivity index (χ0) is 14.5. The molecule has 1 heterocycles. The van der Waals surface area contributed by atoms with Crippen LogP contribution in [0.15, 0.2) is 29.8 Å². The van der Waals surface area contributed by atoms with Gasteiger partial charge in [0.1, 0.15) is 5.01 Å². The second-order valence-electron chi connectivity index (χ2n) is 4.64. The first kappa shape index (κ1) is 14.5. The topological polar surface area (TPSA) is 54.0 Å². The number of hydrogen-bond donors (Lipinski definition) is 2. The fourth-order valence-electron chi connectivity index (χ4n) is 1.98. The zero-order valence-electron chi connectivity index (χ0n) is 11.9. The van der Waals surface area contributed by atoms with Crippen molar-refractivity contribution < 1.29 is 4.79 Å². The average Bonchev–Trinajstić information content (AvgIpc) is 2.93. The van der Waals surface area contributed by atoms with Crippen LogP contribution in [0.1, 0.15) is 40.8 Å². The summed E-state index contributed by atoms with van der Waals surface area (Å²) in [6.45, 7) is 6.76. The van der Waals surface area contributed by atoms with Crippen molar-refractivity contribution >= 4 is 22.9 Å². The number of hydrogen-bond acceptors (Lipinski definition) is 4. The molecule has 4 nitrogen and oxygen atoms in total. The van der Waals surface area contributed by atoms with Crippen LogP contribution < -0.4 is 10.6 Å². The highest BCUT2D eigenvalue weighted by Crippen LogP contribution is 2.20. The van der Waals surface area contributed by atoms with Crippen molar-refractivity contribution in [2.24, 2.45) is 0 Å². The van der Waals surface area contributed by atoms with Crippen LogP contribution >= 0.6 is 11.3 Å². The highest BCUT2D eigenvalue weighted by Gasteiger charge is 2.16. The minimum atomic E-state index is -0.0849. The molecule has 0 aliphatic rings. The second-order valence-corrected chi connectivity index (χ2v) is 5.57. The molecule has 106 valence electrons. The number of anilines is 1. The number of carbonyl (C=O) groups is 1. The third-order valence-corrected chi connectivity index (χ3v) is 3.91. The molecular weight excluding hydrogens is 270 g/mol. The van der Waals surface area contributed by atoms with Crippen LogP contribution in [0.5, 0.6) is 0 Å². The molecule has 5 heteroatoms. The van der Waals surface area contributed by atoms with Crippen LogP contribution in [-0.4, -0.2) is 17.4 Å². The van der Waals surface area contributed by atoms with E-state index in [1.807, 2.05) is 44.4 Å². The molecule has 1 atom stereocenters. The Morgan fingerprint density at radius 1 is 1.45 bits per heavy atom. The van der Waals surface area contributed by atoms with Gasteiger partial charge in [-0.1, -0.05) is 6.07 Å². The molecule has 0 spiro atoms. The van der Waals surface area contributed by atoms with Gasteiger partial charge in [-0.3, -0.25) is 4.79 Å². The van der Waals surface area contributed by atoms with Crippen molar-refractivity contribution in [1.82, 2.24) is 10.3 Å². The molecule has 0 fully saturated rings. The number of nitrogens with one attached hydrogen (secondary N) is 2. The predicted octanol–water partition coefficient (Wildman–Crippen LogP) is 3.37. The van der Waals surface area contributed by atoms with Crippen molar-refractivity contribution in [1.29, 1.82) is 0 Å². The van der Waals surface area contributed by atoms with E-state index in [1.165, 1.54) is 0 Å². The molecule has 0 saturated carbocycles. The molecule has 2 N–H and O–H groups in total. The van der Waals surface area contributed by atoms with Gasteiger partial charge in [0.15, 0.2) is 0 Å². The Morgan fingerprint density at radius 3 is 2.90 bits per heavy atom. The number of amides is 1. The maximum atomic E-state index is 12.4. The van der Waals surface area contributed by atoms with Crippen LogP contribution in [0.25, 0.3) is 0 Å². The van der Waals surface area contributed by atoms with Gasteiger partial charge in [-0.15, -0.1) is 11.3 Å². The summed E-state index contributed by atoms with van der Waals surface area (Å²) in [5.74, 6) is -0.0800. The number of aromatic nitrogens is 1. The van der Waals surface area contributed by atoms with E-state index in [0.29, 0.717) is 5.56 Å². The molecule has 1 aromatic heterocycles. The molecule has 1 aromatic carbocycles. The summed E-state index contributed by atoms with van der Waals surface area (Å²) in [6, 6.07) is 5.71. The monoisotopic (exact) mass is 289 g/mol. The molecule has 0 radical (unpaired) electrons. The van der Waals surface area contributed by atoms with Crippen LogP contribution in [0.2, 0.25) is 0 Å². The van der Waals surface area contributed by atoms with Gasteiger partial charge < -0.3 is 10.6 Å². The number of rotatable bonds is 5. The Kier molecular flexibility index (Phi) is 4.74. The first-order valence-corrected chi connectivity index (χ1v) is 7.54. The van der Waals surface area contributed by atoms with E-state index >= 15 is 0 Å². The Bertz CT molecular complexity index is 581. The molecule has 1 unspecified atom stereocenters. The lowest BCUT2D eigenvalue weighted by Gasteiger charge is -2.15. The molecule has 2 rings (SSSR count). The largest absolute Gasteiger partial charge is 0.385 e. The summed E-state index contributed by atoms with van der Waals surface area (Å²) in [4.78, 5) is 16.6. The van der Waals surface area contributed by atoms with Crippen LogP contribution in [0, 0.1) is 6.92 Å². The van der Waals surface area contributed by atoms with Crippen LogP contribution in [0.4, 0.5) is 5.69 Å². The summed E-state index contributed by atoms with van der Waals surface area (Å²) in [5.41, 5.74) is 2.67. The number of nitrogens with zero attached hydrogens (tertiary/aromatic N) is 1. The molecule has 2 aromatic rings. The van der Waals surface area contributed by atoms with Crippen molar-refractivity contribution in [2.75, 3.05) is 11.9 Å². The van der Waals surface area contributed by atoms with E-state index in [-0.39, 0.29) is 11.9 Å². The molecule has 0 aliphatic heterocycles. The molecule has 0 bridgehead atoms. The third kappa shape index (κ3) is 3.36. The number of thiazole rings is 1. The first-order chi connectivity index (χ1) is 9.61. The lowest BCUT2D eigenvalue weighted by atomic mass is 10.1. The molecule has 0 aliphatic carbocycles. The van der Waals surface area contributed by atoms with E-state index in [0.717, 1.165) is 22.8 Å².